The fourth-order valence-electron chi connectivity index (χ4n) is 1.94. The number of hydrogen-bond acceptors (Lipinski definition) is 2. The third kappa shape index (κ3) is 2.99. The van der Waals surface area contributed by atoms with E-state index in [1.54, 1.807) is 0 Å². The first-order valence-corrected chi connectivity index (χ1v) is 5.05. The molecular formula is C10H20N2O. The summed E-state index contributed by atoms with van der Waals surface area (Å²) in [5.41, 5.74) is 0. The van der Waals surface area contributed by atoms with Crippen molar-refractivity contribution in [2.75, 3.05) is 26.7 Å². The lowest BCUT2D eigenvalue weighted by Gasteiger charge is -2.20. The average molecular weight is 184 g/mol. The van der Waals surface area contributed by atoms with Crippen LogP contribution in [0, 0.1) is 11.8 Å². The zero-order valence-electron chi connectivity index (χ0n) is 8.84. The summed E-state index contributed by atoms with van der Waals surface area (Å²) in [5, 5.41) is 3.13. The predicted octanol–water partition coefficient (Wildman–Crippen LogP) is 0.710. The maximum atomic E-state index is 11.4. The molecule has 0 radical (unpaired) electrons. The molecule has 0 aliphatic carbocycles. The second kappa shape index (κ2) is 4.61. The van der Waals surface area contributed by atoms with Crippen molar-refractivity contribution in [3.8, 4) is 0 Å². The van der Waals surface area contributed by atoms with Crippen LogP contribution in [0.25, 0.3) is 0 Å². The molecule has 1 aliphatic heterocycles. The van der Waals surface area contributed by atoms with Crippen LogP contribution in [0.15, 0.2) is 0 Å². The highest BCUT2D eigenvalue weighted by Crippen LogP contribution is 2.17. The summed E-state index contributed by atoms with van der Waals surface area (Å²) in [4.78, 5) is 13.4. The maximum Gasteiger partial charge on any atom is 0.222 e. The zero-order valence-corrected chi connectivity index (χ0v) is 8.84. The van der Waals surface area contributed by atoms with Crippen LogP contribution in [-0.2, 0) is 4.79 Å². The van der Waals surface area contributed by atoms with Crippen molar-refractivity contribution < 1.29 is 4.79 Å². The van der Waals surface area contributed by atoms with Crippen molar-refractivity contribution in [1.82, 2.24) is 10.2 Å². The van der Waals surface area contributed by atoms with Gasteiger partial charge in [0, 0.05) is 19.5 Å². The summed E-state index contributed by atoms with van der Waals surface area (Å²) >= 11 is 0. The SMILES string of the molecule is CNCC(C)CN1CC(C)CC1=O. The van der Waals surface area contributed by atoms with Crippen LogP contribution in [0.3, 0.4) is 0 Å². The van der Waals surface area contributed by atoms with E-state index >= 15 is 0 Å². The summed E-state index contributed by atoms with van der Waals surface area (Å²) in [6.07, 6.45) is 0.742. The summed E-state index contributed by atoms with van der Waals surface area (Å²) < 4.78 is 0. The van der Waals surface area contributed by atoms with Crippen molar-refractivity contribution in [2.24, 2.45) is 11.8 Å². The van der Waals surface area contributed by atoms with Gasteiger partial charge in [-0.25, -0.2) is 0 Å². The first-order valence-electron chi connectivity index (χ1n) is 5.05. The molecule has 0 spiro atoms. The van der Waals surface area contributed by atoms with E-state index < -0.39 is 0 Å². The topological polar surface area (TPSA) is 32.3 Å². The van der Waals surface area contributed by atoms with Gasteiger partial charge in [-0.05, 0) is 25.4 Å². The second-order valence-corrected chi connectivity index (χ2v) is 4.27. The van der Waals surface area contributed by atoms with Gasteiger partial charge in [0.15, 0.2) is 0 Å². The molecular weight excluding hydrogens is 164 g/mol. The van der Waals surface area contributed by atoms with E-state index in [4.69, 9.17) is 0 Å². The summed E-state index contributed by atoms with van der Waals surface area (Å²) in [7, 11) is 1.95. The third-order valence-electron chi connectivity index (χ3n) is 2.49. The molecule has 0 aromatic rings. The van der Waals surface area contributed by atoms with E-state index in [1.807, 2.05) is 11.9 Å². The van der Waals surface area contributed by atoms with Crippen LogP contribution in [0.5, 0.6) is 0 Å². The van der Waals surface area contributed by atoms with Gasteiger partial charge in [-0.15, -0.1) is 0 Å². The molecule has 1 fully saturated rings. The van der Waals surface area contributed by atoms with Gasteiger partial charge in [-0.3, -0.25) is 4.79 Å². The number of hydrogen-bond donors (Lipinski definition) is 1. The maximum absolute atomic E-state index is 11.4. The minimum absolute atomic E-state index is 0.329. The second-order valence-electron chi connectivity index (χ2n) is 4.27. The third-order valence-corrected chi connectivity index (χ3v) is 2.49. The largest absolute Gasteiger partial charge is 0.342 e. The van der Waals surface area contributed by atoms with Gasteiger partial charge in [0.05, 0.1) is 0 Å². The number of nitrogens with one attached hydrogen (secondary N) is 1. The Kier molecular flexibility index (Phi) is 3.72. The minimum Gasteiger partial charge on any atom is -0.342 e. The fourth-order valence-corrected chi connectivity index (χ4v) is 1.94. The van der Waals surface area contributed by atoms with Gasteiger partial charge in [-0.1, -0.05) is 13.8 Å². The number of nitrogens with zero attached hydrogens (tertiary/aromatic N) is 1. The van der Waals surface area contributed by atoms with Gasteiger partial charge >= 0.3 is 0 Å². The number of amides is 1. The predicted molar refractivity (Wildman–Crippen MR) is 53.5 cm³/mol. The van der Waals surface area contributed by atoms with E-state index in [-0.39, 0.29) is 0 Å². The van der Waals surface area contributed by atoms with E-state index in [0.29, 0.717) is 17.7 Å². The number of carbonyl (C=O) groups excluding carboxylic acids is 1. The first-order chi connectivity index (χ1) is 6.13. The Morgan fingerprint density at radius 2 is 2.38 bits per heavy atom. The van der Waals surface area contributed by atoms with Crippen LogP contribution >= 0.6 is 0 Å². The van der Waals surface area contributed by atoms with Crippen LogP contribution < -0.4 is 5.32 Å². The lowest BCUT2D eigenvalue weighted by Crippen LogP contribution is -2.33. The lowest BCUT2D eigenvalue weighted by atomic mass is 10.1. The van der Waals surface area contributed by atoms with Crippen molar-refractivity contribution in [1.29, 1.82) is 0 Å². The van der Waals surface area contributed by atoms with Gasteiger partial charge in [0.1, 0.15) is 0 Å². The van der Waals surface area contributed by atoms with Gasteiger partial charge in [0.2, 0.25) is 5.91 Å². The van der Waals surface area contributed by atoms with Gasteiger partial charge in [-0.2, -0.15) is 0 Å². The molecule has 1 aliphatic rings. The Morgan fingerprint density at radius 1 is 1.69 bits per heavy atom. The molecule has 0 aromatic carbocycles. The lowest BCUT2D eigenvalue weighted by molar-refractivity contribution is -0.128. The summed E-state index contributed by atoms with van der Waals surface area (Å²) in [6.45, 7) is 7.16. The smallest absolute Gasteiger partial charge is 0.222 e. The molecule has 0 aromatic heterocycles. The van der Waals surface area contributed by atoms with Crippen molar-refractivity contribution in [3.05, 3.63) is 0 Å². The summed E-state index contributed by atoms with van der Waals surface area (Å²) in [5.74, 6) is 1.43. The minimum atomic E-state index is 0.329. The molecule has 0 bridgehead atoms. The van der Waals surface area contributed by atoms with Crippen molar-refractivity contribution >= 4 is 5.91 Å². The monoisotopic (exact) mass is 184 g/mol. The van der Waals surface area contributed by atoms with Crippen molar-refractivity contribution in [3.63, 3.8) is 0 Å². The van der Waals surface area contributed by atoms with E-state index in [1.165, 1.54) is 0 Å². The molecule has 1 N–H and O–H groups in total. The summed E-state index contributed by atoms with van der Waals surface area (Å²) in [6, 6.07) is 0. The first kappa shape index (κ1) is 10.5. The highest BCUT2D eigenvalue weighted by atomic mass is 16.2. The Balaban J connectivity index is 2.32. The Hall–Kier alpha value is -0.570. The molecule has 76 valence electrons. The van der Waals surface area contributed by atoms with E-state index in [9.17, 15) is 4.79 Å². The number of carbonyl (C=O) groups is 1. The quantitative estimate of drug-likeness (QED) is 0.698. The van der Waals surface area contributed by atoms with Gasteiger partial charge < -0.3 is 10.2 Å². The number of likely N-dealkylation sites (tertiary alicyclic amines) is 1. The number of rotatable bonds is 4. The Bertz CT molecular complexity index is 182. The average Bonchev–Trinajstić information content (AvgIpc) is 2.30. The molecule has 2 atom stereocenters. The normalized spacial score (nSPS) is 25.3. The zero-order chi connectivity index (χ0) is 9.84. The standard InChI is InChI=1S/C10H20N2O/c1-8-4-10(13)12(6-8)7-9(2)5-11-3/h8-9,11H,4-7H2,1-3H3. The van der Waals surface area contributed by atoms with Crippen molar-refractivity contribution in [2.45, 2.75) is 20.3 Å². The van der Waals surface area contributed by atoms with Crippen LogP contribution in [-0.4, -0.2) is 37.5 Å². The molecule has 3 nitrogen and oxygen atoms in total. The highest BCUT2D eigenvalue weighted by molar-refractivity contribution is 5.78. The van der Waals surface area contributed by atoms with Crippen LogP contribution in [0.2, 0.25) is 0 Å². The molecule has 1 heterocycles. The Labute approximate surface area is 80.5 Å². The molecule has 3 heteroatoms. The molecule has 2 unspecified atom stereocenters. The molecule has 0 saturated carbocycles. The highest BCUT2D eigenvalue weighted by Gasteiger charge is 2.26. The van der Waals surface area contributed by atoms with Crippen LogP contribution in [0.1, 0.15) is 20.3 Å². The molecule has 1 amide bonds. The van der Waals surface area contributed by atoms with Gasteiger partial charge in [0.25, 0.3) is 0 Å². The Morgan fingerprint density at radius 3 is 2.85 bits per heavy atom. The fraction of sp³-hybridized carbons (Fsp3) is 0.900. The van der Waals surface area contributed by atoms with Crippen LogP contribution in [0.4, 0.5) is 0 Å². The molecule has 1 rings (SSSR count). The molecule has 13 heavy (non-hydrogen) atoms. The van der Waals surface area contributed by atoms with E-state index in [0.717, 1.165) is 26.1 Å². The molecule has 1 saturated heterocycles. The van der Waals surface area contributed by atoms with E-state index in [2.05, 4.69) is 19.2 Å².